The number of benzene rings is 1. The number of anilines is 1. The molecular weight excluding hydrogens is 332 g/mol. The lowest BCUT2D eigenvalue weighted by Crippen LogP contribution is -2.29. The van der Waals surface area contributed by atoms with E-state index >= 15 is 0 Å². The maximum absolute atomic E-state index is 12.3. The number of hydrogen-bond acceptors (Lipinski definition) is 5. The zero-order valence-corrected chi connectivity index (χ0v) is 13.6. The highest BCUT2D eigenvalue weighted by Crippen LogP contribution is 2.26. The van der Waals surface area contributed by atoms with Crippen molar-refractivity contribution in [3.63, 3.8) is 0 Å². The lowest BCUT2D eigenvalue weighted by Gasteiger charge is -2.13. The van der Waals surface area contributed by atoms with Crippen molar-refractivity contribution in [3.8, 4) is 0 Å². The van der Waals surface area contributed by atoms with Gasteiger partial charge in [0.1, 0.15) is 0 Å². The van der Waals surface area contributed by atoms with Gasteiger partial charge in [-0.1, -0.05) is 11.6 Å². The third-order valence-corrected chi connectivity index (χ3v) is 5.57. The van der Waals surface area contributed by atoms with Gasteiger partial charge in [0.15, 0.2) is 0 Å². The minimum absolute atomic E-state index is 0.0573. The molecule has 0 aliphatic heterocycles. The Morgan fingerprint density at radius 3 is 2.81 bits per heavy atom. The Kier molecular flexibility index (Phi) is 4.90. The first-order valence-electron chi connectivity index (χ1n) is 6.06. The summed E-state index contributed by atoms with van der Waals surface area (Å²) < 4.78 is 26.9. The number of aliphatic hydroxyl groups is 1. The molecule has 0 aliphatic carbocycles. The van der Waals surface area contributed by atoms with Crippen molar-refractivity contribution in [1.29, 1.82) is 0 Å². The molecular formula is C13H15ClN2O3S2. The number of halogens is 1. The number of hydrogen-bond donors (Lipinski definition) is 3. The fourth-order valence-corrected chi connectivity index (χ4v) is 4.03. The normalized spacial score (nSPS) is 13.3. The maximum Gasteiger partial charge on any atom is 0.241 e. The molecule has 0 fully saturated rings. The summed E-state index contributed by atoms with van der Waals surface area (Å²) in [6, 6.07) is 4.56. The fraction of sp³-hybridized carbons (Fsp3) is 0.231. The molecule has 8 heteroatoms. The van der Waals surface area contributed by atoms with Gasteiger partial charge in [0, 0.05) is 6.54 Å². The summed E-state index contributed by atoms with van der Waals surface area (Å²) in [7, 11) is -3.76. The van der Waals surface area contributed by atoms with Crippen molar-refractivity contribution < 1.29 is 13.5 Å². The predicted molar refractivity (Wildman–Crippen MR) is 85.1 cm³/mol. The Labute approximate surface area is 132 Å². The summed E-state index contributed by atoms with van der Waals surface area (Å²) in [6.45, 7) is 1.52. The number of sulfonamides is 1. The van der Waals surface area contributed by atoms with E-state index in [4.69, 9.17) is 17.3 Å². The first-order valence-corrected chi connectivity index (χ1v) is 8.87. The quantitative estimate of drug-likeness (QED) is 0.724. The van der Waals surface area contributed by atoms with E-state index in [-0.39, 0.29) is 17.1 Å². The number of nitrogens with two attached hydrogens (primary N) is 1. The topological polar surface area (TPSA) is 92.4 Å². The van der Waals surface area contributed by atoms with E-state index < -0.39 is 16.1 Å². The summed E-state index contributed by atoms with van der Waals surface area (Å²) in [4.78, 5) is 0.0573. The summed E-state index contributed by atoms with van der Waals surface area (Å²) >= 11 is 7.29. The molecule has 1 aromatic carbocycles. The van der Waals surface area contributed by atoms with Crippen LogP contribution in [-0.2, 0) is 10.0 Å². The Morgan fingerprint density at radius 2 is 2.19 bits per heavy atom. The van der Waals surface area contributed by atoms with Crippen molar-refractivity contribution in [1.82, 2.24) is 4.72 Å². The SMILES string of the molecule is Cc1cc(Cl)c(N)cc1S(=O)(=O)NCC(O)c1ccsc1. The predicted octanol–water partition coefficient (Wildman–Crippen LogP) is 2.30. The van der Waals surface area contributed by atoms with E-state index in [0.29, 0.717) is 16.1 Å². The number of rotatable bonds is 5. The number of nitrogens with one attached hydrogen (secondary N) is 1. The van der Waals surface area contributed by atoms with Gasteiger partial charge in [0.25, 0.3) is 0 Å². The van der Waals surface area contributed by atoms with Crippen LogP contribution in [-0.4, -0.2) is 20.1 Å². The van der Waals surface area contributed by atoms with Gasteiger partial charge in [-0.05, 0) is 47.0 Å². The summed E-state index contributed by atoms with van der Waals surface area (Å²) in [5, 5.41) is 13.8. The van der Waals surface area contributed by atoms with Crippen LogP contribution < -0.4 is 10.5 Å². The number of aliphatic hydroxyl groups excluding tert-OH is 1. The monoisotopic (exact) mass is 346 g/mol. The van der Waals surface area contributed by atoms with Crippen LogP contribution in [0, 0.1) is 6.92 Å². The summed E-state index contributed by atoms with van der Waals surface area (Å²) in [5.41, 5.74) is 7.01. The van der Waals surface area contributed by atoms with Gasteiger partial charge in [-0.15, -0.1) is 0 Å². The molecule has 0 saturated carbocycles. The van der Waals surface area contributed by atoms with E-state index in [2.05, 4.69) is 4.72 Å². The highest BCUT2D eigenvalue weighted by Gasteiger charge is 2.20. The van der Waals surface area contributed by atoms with Gasteiger partial charge in [0.05, 0.1) is 21.7 Å². The van der Waals surface area contributed by atoms with E-state index in [0.717, 1.165) is 0 Å². The van der Waals surface area contributed by atoms with Gasteiger partial charge in [-0.3, -0.25) is 0 Å². The van der Waals surface area contributed by atoms with Crippen LogP contribution in [0.4, 0.5) is 5.69 Å². The van der Waals surface area contributed by atoms with Crippen LogP contribution in [0.25, 0.3) is 0 Å². The molecule has 2 aromatic rings. The third kappa shape index (κ3) is 3.75. The Bertz CT molecular complexity index is 730. The smallest absolute Gasteiger partial charge is 0.241 e. The van der Waals surface area contributed by atoms with Crippen molar-refractivity contribution in [2.24, 2.45) is 0 Å². The molecule has 114 valence electrons. The Balaban J connectivity index is 2.17. The highest BCUT2D eigenvalue weighted by molar-refractivity contribution is 7.89. The number of nitrogen functional groups attached to an aromatic ring is 1. The van der Waals surface area contributed by atoms with Gasteiger partial charge < -0.3 is 10.8 Å². The summed E-state index contributed by atoms with van der Waals surface area (Å²) in [6.07, 6.45) is -0.893. The molecule has 0 spiro atoms. The minimum atomic E-state index is -3.76. The van der Waals surface area contributed by atoms with Gasteiger partial charge in [-0.2, -0.15) is 11.3 Å². The lowest BCUT2D eigenvalue weighted by atomic mass is 10.2. The molecule has 1 unspecified atom stereocenters. The Morgan fingerprint density at radius 1 is 1.48 bits per heavy atom. The minimum Gasteiger partial charge on any atom is -0.397 e. The molecule has 5 nitrogen and oxygen atoms in total. The Hall–Kier alpha value is -1.12. The fourth-order valence-electron chi connectivity index (χ4n) is 1.81. The molecule has 0 bridgehead atoms. The zero-order chi connectivity index (χ0) is 15.6. The maximum atomic E-state index is 12.3. The first-order chi connectivity index (χ1) is 9.81. The van der Waals surface area contributed by atoms with Crippen LogP contribution in [0.3, 0.4) is 0 Å². The molecule has 0 saturated heterocycles. The summed E-state index contributed by atoms with van der Waals surface area (Å²) in [5.74, 6) is 0. The third-order valence-electron chi connectivity index (χ3n) is 2.98. The van der Waals surface area contributed by atoms with E-state index in [1.165, 1.54) is 23.5 Å². The zero-order valence-electron chi connectivity index (χ0n) is 11.2. The molecule has 0 aliphatic rings. The molecule has 0 radical (unpaired) electrons. The molecule has 4 N–H and O–H groups in total. The largest absolute Gasteiger partial charge is 0.397 e. The molecule has 2 rings (SSSR count). The van der Waals surface area contributed by atoms with Crippen LogP contribution in [0.15, 0.2) is 33.9 Å². The van der Waals surface area contributed by atoms with E-state index in [1.54, 1.807) is 18.4 Å². The second kappa shape index (κ2) is 6.33. The molecule has 21 heavy (non-hydrogen) atoms. The van der Waals surface area contributed by atoms with Crippen molar-refractivity contribution in [2.75, 3.05) is 12.3 Å². The number of aryl methyl sites for hydroxylation is 1. The highest BCUT2D eigenvalue weighted by atomic mass is 35.5. The van der Waals surface area contributed by atoms with Crippen molar-refractivity contribution >= 4 is 38.6 Å². The molecule has 1 heterocycles. The molecule has 0 amide bonds. The van der Waals surface area contributed by atoms with Crippen LogP contribution in [0.2, 0.25) is 5.02 Å². The molecule has 1 aromatic heterocycles. The second-order valence-electron chi connectivity index (χ2n) is 4.56. The van der Waals surface area contributed by atoms with Gasteiger partial charge in [0.2, 0.25) is 10.0 Å². The van der Waals surface area contributed by atoms with Crippen molar-refractivity contribution in [3.05, 3.63) is 45.1 Å². The average molecular weight is 347 g/mol. The van der Waals surface area contributed by atoms with E-state index in [9.17, 15) is 13.5 Å². The standard InChI is InChI=1S/C13H15ClN2O3S2/c1-8-4-10(14)11(15)5-13(8)21(18,19)16-6-12(17)9-2-3-20-7-9/h2-5,7,12,16-17H,6,15H2,1H3. The number of thiophene rings is 1. The van der Waals surface area contributed by atoms with Crippen molar-refractivity contribution in [2.45, 2.75) is 17.9 Å². The average Bonchev–Trinajstić information content (AvgIpc) is 2.94. The second-order valence-corrected chi connectivity index (χ2v) is 7.49. The van der Waals surface area contributed by atoms with Crippen LogP contribution in [0.5, 0.6) is 0 Å². The van der Waals surface area contributed by atoms with Crippen LogP contribution >= 0.6 is 22.9 Å². The lowest BCUT2D eigenvalue weighted by molar-refractivity contribution is 0.182. The van der Waals surface area contributed by atoms with Gasteiger partial charge in [-0.25, -0.2) is 13.1 Å². The first kappa shape index (κ1) is 16.3. The van der Waals surface area contributed by atoms with Gasteiger partial charge >= 0.3 is 0 Å². The molecule has 1 atom stereocenters. The van der Waals surface area contributed by atoms with E-state index in [1.807, 2.05) is 5.38 Å². The van der Waals surface area contributed by atoms with Crippen LogP contribution in [0.1, 0.15) is 17.2 Å².